The predicted octanol–water partition coefficient (Wildman–Crippen LogP) is 3.52. The standard InChI is InChI=1S/C20H31N3/c1-4-22-13-15-23(16-14-22)12-8-11-20(17-21,18(2)3)19-9-6-5-7-10-19/h5-7,9-10,18H,4,8,11-16H2,1-3H3. The molecule has 0 saturated carbocycles. The molecule has 1 unspecified atom stereocenters. The molecule has 0 N–H and O–H groups in total. The van der Waals surface area contributed by atoms with E-state index in [0.717, 1.165) is 25.9 Å². The van der Waals surface area contributed by atoms with Crippen molar-refractivity contribution in [2.75, 3.05) is 39.3 Å². The minimum absolute atomic E-state index is 0.326. The number of rotatable bonds is 7. The summed E-state index contributed by atoms with van der Waals surface area (Å²) in [5.41, 5.74) is 0.820. The topological polar surface area (TPSA) is 30.3 Å². The molecule has 1 atom stereocenters. The van der Waals surface area contributed by atoms with Crippen molar-refractivity contribution in [3.8, 4) is 6.07 Å². The number of nitrogens with zero attached hydrogens (tertiary/aromatic N) is 3. The van der Waals surface area contributed by atoms with E-state index in [9.17, 15) is 5.26 Å². The van der Waals surface area contributed by atoms with Crippen molar-refractivity contribution in [1.82, 2.24) is 9.80 Å². The molecule has 0 aromatic heterocycles. The second-order valence-corrected chi connectivity index (χ2v) is 6.98. The molecule has 0 radical (unpaired) electrons. The summed E-state index contributed by atoms with van der Waals surface area (Å²) in [4.78, 5) is 5.06. The number of likely N-dealkylation sites (N-methyl/N-ethyl adjacent to an activating group) is 1. The molecule has 2 rings (SSSR count). The summed E-state index contributed by atoms with van der Waals surface area (Å²) in [5.74, 6) is 0.326. The van der Waals surface area contributed by atoms with Gasteiger partial charge in [-0.2, -0.15) is 5.26 Å². The summed E-state index contributed by atoms with van der Waals surface area (Å²) >= 11 is 0. The Hall–Kier alpha value is -1.37. The molecule has 0 amide bonds. The van der Waals surface area contributed by atoms with Crippen molar-refractivity contribution in [2.45, 2.75) is 39.0 Å². The van der Waals surface area contributed by atoms with Gasteiger partial charge in [0.05, 0.1) is 11.5 Å². The van der Waals surface area contributed by atoms with Crippen molar-refractivity contribution in [2.24, 2.45) is 5.92 Å². The Balaban J connectivity index is 1.94. The van der Waals surface area contributed by atoms with Crippen LogP contribution in [0.3, 0.4) is 0 Å². The first-order valence-electron chi connectivity index (χ1n) is 9.04. The first-order valence-corrected chi connectivity index (χ1v) is 9.04. The van der Waals surface area contributed by atoms with E-state index in [1.165, 1.54) is 31.7 Å². The first-order chi connectivity index (χ1) is 11.1. The van der Waals surface area contributed by atoms with Crippen LogP contribution in [0.15, 0.2) is 30.3 Å². The highest BCUT2D eigenvalue weighted by Gasteiger charge is 2.35. The van der Waals surface area contributed by atoms with E-state index < -0.39 is 0 Å². The van der Waals surface area contributed by atoms with Gasteiger partial charge in [-0.05, 0) is 37.4 Å². The molecule has 126 valence electrons. The van der Waals surface area contributed by atoms with Crippen molar-refractivity contribution in [3.05, 3.63) is 35.9 Å². The average Bonchev–Trinajstić information content (AvgIpc) is 2.60. The van der Waals surface area contributed by atoms with Gasteiger partial charge in [-0.3, -0.25) is 0 Å². The van der Waals surface area contributed by atoms with E-state index in [2.05, 4.69) is 48.8 Å². The highest BCUT2D eigenvalue weighted by atomic mass is 15.3. The van der Waals surface area contributed by atoms with Gasteiger partial charge in [0.15, 0.2) is 0 Å². The van der Waals surface area contributed by atoms with Gasteiger partial charge in [0.1, 0.15) is 0 Å². The first kappa shape index (κ1) is 18.0. The van der Waals surface area contributed by atoms with E-state index in [4.69, 9.17) is 0 Å². The van der Waals surface area contributed by atoms with Crippen molar-refractivity contribution < 1.29 is 0 Å². The second-order valence-electron chi connectivity index (χ2n) is 6.98. The van der Waals surface area contributed by atoms with Crippen LogP contribution < -0.4 is 0 Å². The molecule has 1 heterocycles. The highest BCUT2D eigenvalue weighted by Crippen LogP contribution is 2.36. The monoisotopic (exact) mass is 313 g/mol. The van der Waals surface area contributed by atoms with Gasteiger partial charge in [-0.1, -0.05) is 51.1 Å². The zero-order valence-electron chi connectivity index (χ0n) is 15.0. The van der Waals surface area contributed by atoms with E-state index in [1.54, 1.807) is 0 Å². The normalized spacial score (nSPS) is 19.4. The molecule has 1 saturated heterocycles. The van der Waals surface area contributed by atoms with E-state index in [-0.39, 0.29) is 5.41 Å². The third kappa shape index (κ3) is 4.34. The maximum Gasteiger partial charge on any atom is 0.0845 e. The number of piperazine rings is 1. The largest absolute Gasteiger partial charge is 0.301 e. The maximum absolute atomic E-state index is 9.93. The van der Waals surface area contributed by atoms with Crippen LogP contribution >= 0.6 is 0 Å². The van der Waals surface area contributed by atoms with Gasteiger partial charge in [-0.25, -0.2) is 0 Å². The predicted molar refractivity (Wildman–Crippen MR) is 96.4 cm³/mol. The molecule has 0 spiro atoms. The van der Waals surface area contributed by atoms with Gasteiger partial charge in [-0.15, -0.1) is 0 Å². The molecule has 0 aliphatic carbocycles. The van der Waals surface area contributed by atoms with Crippen molar-refractivity contribution in [3.63, 3.8) is 0 Å². The van der Waals surface area contributed by atoms with Crippen LogP contribution in [0.2, 0.25) is 0 Å². The quantitative estimate of drug-likeness (QED) is 0.771. The fourth-order valence-electron chi connectivity index (χ4n) is 3.66. The average molecular weight is 313 g/mol. The summed E-state index contributed by atoms with van der Waals surface area (Å²) in [6, 6.07) is 13.0. The van der Waals surface area contributed by atoms with Gasteiger partial charge < -0.3 is 9.80 Å². The fourth-order valence-corrected chi connectivity index (χ4v) is 3.66. The van der Waals surface area contributed by atoms with Crippen molar-refractivity contribution >= 4 is 0 Å². The molecule has 0 bridgehead atoms. The second kappa shape index (κ2) is 8.47. The lowest BCUT2D eigenvalue weighted by atomic mass is 9.70. The van der Waals surface area contributed by atoms with E-state index in [0.29, 0.717) is 5.92 Å². The van der Waals surface area contributed by atoms with Crippen LogP contribution in [-0.4, -0.2) is 49.1 Å². The Kier molecular flexibility index (Phi) is 6.62. The molecule has 3 nitrogen and oxygen atoms in total. The smallest absolute Gasteiger partial charge is 0.0845 e. The third-order valence-electron chi connectivity index (χ3n) is 5.43. The minimum Gasteiger partial charge on any atom is -0.301 e. The number of hydrogen-bond donors (Lipinski definition) is 0. The van der Waals surface area contributed by atoms with E-state index in [1.807, 2.05) is 18.2 Å². The Morgan fingerprint density at radius 1 is 1.09 bits per heavy atom. The fraction of sp³-hybridized carbons (Fsp3) is 0.650. The van der Waals surface area contributed by atoms with Crippen LogP contribution in [-0.2, 0) is 5.41 Å². The van der Waals surface area contributed by atoms with Gasteiger partial charge in [0.25, 0.3) is 0 Å². The summed E-state index contributed by atoms with van der Waals surface area (Å²) in [7, 11) is 0. The van der Waals surface area contributed by atoms with Crippen LogP contribution in [0.25, 0.3) is 0 Å². The molecule has 1 aliphatic heterocycles. The lowest BCUT2D eigenvalue weighted by molar-refractivity contribution is 0.133. The molecular formula is C20H31N3. The van der Waals surface area contributed by atoms with Gasteiger partial charge in [0.2, 0.25) is 0 Å². The van der Waals surface area contributed by atoms with E-state index >= 15 is 0 Å². The molecule has 23 heavy (non-hydrogen) atoms. The summed E-state index contributed by atoms with van der Waals surface area (Å²) < 4.78 is 0. The minimum atomic E-state index is -0.355. The van der Waals surface area contributed by atoms with Crippen LogP contribution in [0, 0.1) is 17.2 Å². The van der Waals surface area contributed by atoms with Gasteiger partial charge >= 0.3 is 0 Å². The summed E-state index contributed by atoms with van der Waals surface area (Å²) in [6.07, 6.45) is 2.03. The lowest BCUT2D eigenvalue weighted by Crippen LogP contribution is -2.46. The maximum atomic E-state index is 9.93. The Labute approximate surface area is 141 Å². The molecule has 1 aliphatic rings. The molecular weight excluding hydrogens is 282 g/mol. The SMILES string of the molecule is CCN1CCN(CCCC(C#N)(c2ccccc2)C(C)C)CC1. The van der Waals surface area contributed by atoms with Crippen LogP contribution in [0.5, 0.6) is 0 Å². The Morgan fingerprint density at radius 3 is 2.22 bits per heavy atom. The van der Waals surface area contributed by atoms with Gasteiger partial charge in [0, 0.05) is 26.2 Å². The van der Waals surface area contributed by atoms with Crippen LogP contribution in [0.1, 0.15) is 39.2 Å². The Morgan fingerprint density at radius 2 is 1.70 bits per heavy atom. The molecule has 1 aromatic carbocycles. The Bertz CT molecular complexity index is 497. The number of nitriles is 1. The summed E-state index contributed by atoms with van der Waals surface area (Å²) in [5, 5.41) is 9.93. The molecule has 3 heteroatoms. The third-order valence-corrected chi connectivity index (χ3v) is 5.43. The number of benzene rings is 1. The zero-order valence-corrected chi connectivity index (χ0v) is 15.0. The molecule has 1 fully saturated rings. The summed E-state index contributed by atoms with van der Waals surface area (Å²) in [6.45, 7) is 13.6. The zero-order chi connectivity index (χ0) is 16.7. The highest BCUT2D eigenvalue weighted by molar-refractivity contribution is 5.33. The lowest BCUT2D eigenvalue weighted by Gasteiger charge is -2.35. The van der Waals surface area contributed by atoms with Crippen LogP contribution in [0.4, 0.5) is 0 Å². The molecule has 1 aromatic rings. The number of hydrogen-bond acceptors (Lipinski definition) is 3. The van der Waals surface area contributed by atoms with Crippen molar-refractivity contribution in [1.29, 1.82) is 5.26 Å².